The monoisotopic (exact) mass is 464 g/mol. The average Bonchev–Trinajstić information content (AvgIpc) is 3.26. The Morgan fingerprint density at radius 1 is 1.03 bits per heavy atom. The van der Waals surface area contributed by atoms with E-state index in [4.69, 9.17) is 13.9 Å². The van der Waals surface area contributed by atoms with Crippen molar-refractivity contribution in [2.24, 2.45) is 0 Å². The number of rotatable bonds is 11. The molecular weight excluding hydrogens is 424 g/mol. The molecule has 4 heteroatoms. The van der Waals surface area contributed by atoms with Gasteiger partial charge in [0.25, 0.3) is 0 Å². The lowest BCUT2D eigenvalue weighted by atomic mass is 9.78. The number of benzene rings is 1. The molecule has 0 atom stereocenters. The molecular formula is C30H40O4. The first-order valence-corrected chi connectivity index (χ1v) is 13.0. The minimum atomic E-state index is -0.127. The van der Waals surface area contributed by atoms with E-state index in [1.165, 1.54) is 36.8 Å². The zero-order valence-electron chi connectivity index (χ0n) is 21.4. The normalized spacial score (nSPS) is 14.0. The fraction of sp³-hybridized carbons (Fsp3) is 0.567. The van der Waals surface area contributed by atoms with Crippen molar-refractivity contribution in [3.05, 3.63) is 52.5 Å². The van der Waals surface area contributed by atoms with Crippen molar-refractivity contribution in [3.63, 3.8) is 0 Å². The Morgan fingerprint density at radius 2 is 1.85 bits per heavy atom. The molecule has 0 radical (unpaired) electrons. The average molecular weight is 465 g/mol. The van der Waals surface area contributed by atoms with Gasteiger partial charge in [-0.15, -0.1) is 0 Å². The fourth-order valence-electron chi connectivity index (χ4n) is 4.40. The summed E-state index contributed by atoms with van der Waals surface area (Å²) in [5.74, 6) is 9.15. The maximum absolute atomic E-state index is 11.5. The van der Waals surface area contributed by atoms with Crippen molar-refractivity contribution < 1.29 is 18.7 Å². The number of carbonyl (C=O) groups is 1. The summed E-state index contributed by atoms with van der Waals surface area (Å²) in [6, 6.07) is 8.41. The predicted octanol–water partition coefficient (Wildman–Crippen LogP) is 7.14. The summed E-state index contributed by atoms with van der Waals surface area (Å²) >= 11 is 0. The van der Waals surface area contributed by atoms with Gasteiger partial charge in [-0.05, 0) is 80.2 Å². The standard InChI is InChI=1S/C30H40O4/c1-5-7-8-9-12-23-22-28-27(30(3,4)19-20-33-28)21-24(23)15-16-26-18-17-25(34-26)13-10-11-14-29(31)32-6-2/h17-18,21-22H,5-14,19-20H2,1-4H3. The van der Waals surface area contributed by atoms with Crippen molar-refractivity contribution in [3.8, 4) is 17.6 Å². The number of ether oxygens (including phenoxy) is 2. The molecule has 2 heterocycles. The van der Waals surface area contributed by atoms with Crippen molar-refractivity contribution in [1.82, 2.24) is 0 Å². The van der Waals surface area contributed by atoms with E-state index in [1.54, 1.807) is 0 Å². The minimum Gasteiger partial charge on any atom is -0.493 e. The van der Waals surface area contributed by atoms with Gasteiger partial charge in [0.1, 0.15) is 11.5 Å². The predicted molar refractivity (Wildman–Crippen MR) is 136 cm³/mol. The number of furan rings is 1. The Labute approximate surface area is 205 Å². The Kier molecular flexibility index (Phi) is 9.69. The third-order valence-corrected chi connectivity index (χ3v) is 6.56. The van der Waals surface area contributed by atoms with Crippen molar-refractivity contribution >= 4 is 5.97 Å². The van der Waals surface area contributed by atoms with Crippen molar-refractivity contribution in [1.29, 1.82) is 0 Å². The highest BCUT2D eigenvalue weighted by atomic mass is 16.5. The number of aryl methyl sites for hydroxylation is 2. The molecule has 1 aromatic carbocycles. The van der Waals surface area contributed by atoms with Gasteiger partial charge in [-0.3, -0.25) is 4.79 Å². The van der Waals surface area contributed by atoms with E-state index in [9.17, 15) is 4.79 Å². The molecule has 0 saturated carbocycles. The van der Waals surface area contributed by atoms with E-state index in [-0.39, 0.29) is 11.4 Å². The third-order valence-electron chi connectivity index (χ3n) is 6.56. The lowest BCUT2D eigenvalue weighted by molar-refractivity contribution is -0.143. The van der Waals surface area contributed by atoms with E-state index >= 15 is 0 Å². The van der Waals surface area contributed by atoms with Gasteiger partial charge in [-0.1, -0.05) is 46.0 Å². The van der Waals surface area contributed by atoms with Crippen LogP contribution in [-0.2, 0) is 27.8 Å². The van der Waals surface area contributed by atoms with Gasteiger partial charge >= 0.3 is 5.97 Å². The van der Waals surface area contributed by atoms with Gasteiger partial charge in [0.05, 0.1) is 13.2 Å². The quantitative estimate of drug-likeness (QED) is 0.201. The number of carbonyl (C=O) groups excluding carboxylic acids is 1. The first-order valence-electron chi connectivity index (χ1n) is 13.0. The van der Waals surface area contributed by atoms with Crippen LogP contribution in [0.15, 0.2) is 28.7 Å². The zero-order chi connectivity index (χ0) is 24.4. The van der Waals surface area contributed by atoms with Crippen LogP contribution in [0.1, 0.15) is 107 Å². The summed E-state index contributed by atoms with van der Waals surface area (Å²) in [7, 11) is 0. The summed E-state index contributed by atoms with van der Waals surface area (Å²) in [6.07, 6.45) is 9.89. The molecule has 0 aliphatic carbocycles. The molecule has 0 saturated heterocycles. The minimum absolute atomic E-state index is 0.0894. The van der Waals surface area contributed by atoms with E-state index in [1.807, 2.05) is 19.1 Å². The highest BCUT2D eigenvalue weighted by molar-refractivity contribution is 5.69. The van der Waals surface area contributed by atoms with Gasteiger partial charge in [0, 0.05) is 24.0 Å². The highest BCUT2D eigenvalue weighted by Gasteiger charge is 2.29. The summed E-state index contributed by atoms with van der Waals surface area (Å²) in [5, 5.41) is 0. The topological polar surface area (TPSA) is 48.7 Å². The van der Waals surface area contributed by atoms with Crippen LogP contribution in [0.3, 0.4) is 0 Å². The Morgan fingerprint density at radius 3 is 2.65 bits per heavy atom. The maximum Gasteiger partial charge on any atom is 0.305 e. The number of hydrogen-bond donors (Lipinski definition) is 0. The largest absolute Gasteiger partial charge is 0.493 e. The van der Waals surface area contributed by atoms with Crippen molar-refractivity contribution in [2.45, 2.75) is 97.3 Å². The molecule has 34 heavy (non-hydrogen) atoms. The van der Waals surface area contributed by atoms with Crippen LogP contribution in [0, 0.1) is 11.8 Å². The van der Waals surface area contributed by atoms with Crippen LogP contribution in [0.2, 0.25) is 0 Å². The molecule has 4 nitrogen and oxygen atoms in total. The molecule has 1 aliphatic heterocycles. The molecule has 0 fully saturated rings. The highest BCUT2D eigenvalue weighted by Crippen LogP contribution is 2.40. The summed E-state index contributed by atoms with van der Waals surface area (Å²) in [5.41, 5.74) is 3.70. The first kappa shape index (κ1) is 25.9. The van der Waals surface area contributed by atoms with Crippen LogP contribution in [0.25, 0.3) is 0 Å². The van der Waals surface area contributed by atoms with Gasteiger partial charge < -0.3 is 13.9 Å². The van der Waals surface area contributed by atoms with Crippen LogP contribution in [0.4, 0.5) is 0 Å². The molecule has 3 rings (SSSR count). The van der Waals surface area contributed by atoms with Crippen LogP contribution in [-0.4, -0.2) is 19.2 Å². The molecule has 1 aliphatic rings. The van der Waals surface area contributed by atoms with Gasteiger partial charge in [-0.25, -0.2) is 0 Å². The van der Waals surface area contributed by atoms with Gasteiger partial charge in [-0.2, -0.15) is 0 Å². The van der Waals surface area contributed by atoms with E-state index < -0.39 is 0 Å². The summed E-state index contributed by atoms with van der Waals surface area (Å²) in [6.45, 7) is 9.85. The number of esters is 1. The number of unbranched alkanes of at least 4 members (excludes halogenated alkanes) is 4. The van der Waals surface area contributed by atoms with E-state index in [2.05, 4.69) is 44.7 Å². The van der Waals surface area contributed by atoms with E-state index in [0.717, 1.165) is 55.8 Å². The van der Waals surface area contributed by atoms with Crippen LogP contribution in [0.5, 0.6) is 5.75 Å². The second-order valence-corrected chi connectivity index (χ2v) is 9.83. The lowest BCUT2D eigenvalue weighted by Crippen LogP contribution is -2.27. The molecule has 0 unspecified atom stereocenters. The second kappa shape index (κ2) is 12.7. The molecule has 2 aromatic rings. The molecule has 0 N–H and O–H groups in total. The smallest absolute Gasteiger partial charge is 0.305 e. The second-order valence-electron chi connectivity index (χ2n) is 9.83. The molecule has 0 bridgehead atoms. The van der Waals surface area contributed by atoms with Gasteiger partial charge in [0.15, 0.2) is 5.76 Å². The third kappa shape index (κ3) is 7.42. The summed E-state index contributed by atoms with van der Waals surface area (Å²) < 4.78 is 17.0. The molecule has 184 valence electrons. The van der Waals surface area contributed by atoms with Crippen LogP contribution >= 0.6 is 0 Å². The Hall–Kier alpha value is -2.67. The fourth-order valence-corrected chi connectivity index (χ4v) is 4.40. The summed E-state index contributed by atoms with van der Waals surface area (Å²) in [4.78, 5) is 11.5. The van der Waals surface area contributed by atoms with Crippen LogP contribution < -0.4 is 4.74 Å². The van der Waals surface area contributed by atoms with Gasteiger partial charge in [0.2, 0.25) is 0 Å². The maximum atomic E-state index is 11.5. The molecule has 0 amide bonds. The lowest BCUT2D eigenvalue weighted by Gasteiger charge is -2.33. The van der Waals surface area contributed by atoms with Crippen molar-refractivity contribution in [2.75, 3.05) is 13.2 Å². The van der Waals surface area contributed by atoms with E-state index in [0.29, 0.717) is 18.8 Å². The Bertz CT molecular complexity index is 1000. The number of hydrogen-bond acceptors (Lipinski definition) is 4. The number of fused-ring (bicyclic) bond motifs is 1. The molecule has 0 spiro atoms. The SMILES string of the molecule is CCCCCCc1cc2c(cc1C#Cc1ccc(CCCCC(=O)OCC)o1)C(C)(C)CCO2. The molecule has 1 aromatic heterocycles. The Balaban J connectivity index is 1.71. The zero-order valence-corrected chi connectivity index (χ0v) is 21.4. The first-order chi connectivity index (χ1) is 16.4.